The van der Waals surface area contributed by atoms with Gasteiger partial charge in [0.15, 0.2) is 0 Å². The summed E-state index contributed by atoms with van der Waals surface area (Å²) in [6.45, 7) is 0.958. The van der Waals surface area contributed by atoms with Gasteiger partial charge >= 0.3 is 6.03 Å². The van der Waals surface area contributed by atoms with E-state index in [4.69, 9.17) is 4.42 Å². The molecule has 4 nitrogen and oxygen atoms in total. The zero-order chi connectivity index (χ0) is 15.4. The maximum absolute atomic E-state index is 12.1. The van der Waals surface area contributed by atoms with Gasteiger partial charge in [-0.25, -0.2) is 4.79 Å². The van der Waals surface area contributed by atoms with Gasteiger partial charge in [-0.05, 0) is 17.7 Å². The van der Waals surface area contributed by atoms with Crippen LogP contribution in [0.4, 0.5) is 4.79 Å². The molecule has 2 amide bonds. The maximum atomic E-state index is 12.1. The maximum Gasteiger partial charge on any atom is 0.317 e. The molecule has 0 fully saturated rings. The molecule has 22 heavy (non-hydrogen) atoms. The molecular formula is C18H18N2O2. The Hall–Kier alpha value is -2.75. The van der Waals surface area contributed by atoms with E-state index in [1.807, 2.05) is 60.7 Å². The number of hydrogen-bond acceptors (Lipinski definition) is 2. The van der Waals surface area contributed by atoms with Crippen molar-refractivity contribution in [2.75, 3.05) is 7.05 Å². The van der Waals surface area contributed by atoms with Crippen LogP contribution in [0.3, 0.4) is 0 Å². The highest BCUT2D eigenvalue weighted by Gasteiger charge is 2.11. The number of amides is 2. The van der Waals surface area contributed by atoms with Crippen LogP contribution < -0.4 is 5.32 Å². The Balaban J connectivity index is 1.58. The van der Waals surface area contributed by atoms with Gasteiger partial charge in [-0.15, -0.1) is 0 Å². The lowest BCUT2D eigenvalue weighted by Gasteiger charge is -2.16. The number of carbonyl (C=O) groups excluding carboxylic acids is 1. The fraction of sp³-hybridized carbons (Fsp3) is 0.167. The summed E-state index contributed by atoms with van der Waals surface area (Å²) in [7, 11) is 1.76. The zero-order valence-electron chi connectivity index (χ0n) is 12.5. The Labute approximate surface area is 129 Å². The van der Waals surface area contributed by atoms with Crippen LogP contribution in [0.5, 0.6) is 0 Å². The molecule has 0 spiro atoms. The van der Waals surface area contributed by atoms with Crippen LogP contribution in [-0.2, 0) is 13.1 Å². The third kappa shape index (κ3) is 3.28. The molecule has 3 aromatic rings. The first-order valence-electron chi connectivity index (χ1n) is 7.23. The van der Waals surface area contributed by atoms with Crippen LogP contribution in [0.25, 0.3) is 11.0 Å². The molecule has 4 heteroatoms. The van der Waals surface area contributed by atoms with Crippen molar-refractivity contribution < 1.29 is 9.21 Å². The van der Waals surface area contributed by atoms with Crippen LogP contribution >= 0.6 is 0 Å². The van der Waals surface area contributed by atoms with Crippen molar-refractivity contribution in [3.8, 4) is 0 Å². The summed E-state index contributed by atoms with van der Waals surface area (Å²) >= 11 is 0. The first-order chi connectivity index (χ1) is 10.7. The van der Waals surface area contributed by atoms with E-state index < -0.39 is 0 Å². The van der Waals surface area contributed by atoms with E-state index >= 15 is 0 Å². The number of urea groups is 1. The van der Waals surface area contributed by atoms with Gasteiger partial charge in [0, 0.05) is 19.0 Å². The summed E-state index contributed by atoms with van der Waals surface area (Å²) in [5.41, 5.74) is 1.92. The molecule has 1 heterocycles. The molecule has 2 aromatic carbocycles. The molecule has 1 N–H and O–H groups in total. The smallest absolute Gasteiger partial charge is 0.317 e. The van der Waals surface area contributed by atoms with Crippen molar-refractivity contribution in [3.63, 3.8) is 0 Å². The topological polar surface area (TPSA) is 45.5 Å². The average Bonchev–Trinajstić information content (AvgIpc) is 2.95. The van der Waals surface area contributed by atoms with Crippen LogP contribution in [0.1, 0.15) is 11.3 Å². The lowest BCUT2D eigenvalue weighted by atomic mass is 10.2. The lowest BCUT2D eigenvalue weighted by Crippen LogP contribution is -2.36. The quantitative estimate of drug-likeness (QED) is 0.796. The molecule has 0 bridgehead atoms. The van der Waals surface area contributed by atoms with E-state index in [0.717, 1.165) is 22.3 Å². The van der Waals surface area contributed by atoms with Crippen LogP contribution in [0.15, 0.2) is 65.1 Å². The Kier molecular flexibility index (Phi) is 4.10. The van der Waals surface area contributed by atoms with Crippen molar-refractivity contribution in [1.82, 2.24) is 10.2 Å². The predicted molar refractivity (Wildman–Crippen MR) is 86.4 cm³/mol. The third-order valence-corrected chi connectivity index (χ3v) is 3.50. The summed E-state index contributed by atoms with van der Waals surface area (Å²) in [5.74, 6) is 0.776. The molecule has 0 saturated heterocycles. The number of benzene rings is 2. The van der Waals surface area contributed by atoms with Gasteiger partial charge < -0.3 is 14.6 Å². The molecule has 0 atom stereocenters. The summed E-state index contributed by atoms with van der Waals surface area (Å²) in [6.07, 6.45) is 0. The predicted octanol–water partition coefficient (Wildman–Crippen LogP) is 3.77. The summed E-state index contributed by atoms with van der Waals surface area (Å²) in [5, 5.41) is 3.95. The van der Waals surface area contributed by atoms with Gasteiger partial charge in [-0.3, -0.25) is 0 Å². The van der Waals surface area contributed by atoms with Gasteiger partial charge in [0.05, 0.1) is 6.54 Å². The molecule has 0 unspecified atom stereocenters. The normalized spacial score (nSPS) is 10.6. The van der Waals surface area contributed by atoms with E-state index in [1.54, 1.807) is 11.9 Å². The minimum atomic E-state index is -0.121. The van der Waals surface area contributed by atoms with E-state index in [0.29, 0.717) is 13.1 Å². The number of nitrogens with zero attached hydrogens (tertiary/aromatic N) is 1. The molecule has 0 aliphatic rings. The third-order valence-electron chi connectivity index (χ3n) is 3.50. The second kappa shape index (κ2) is 6.35. The summed E-state index contributed by atoms with van der Waals surface area (Å²) in [4.78, 5) is 13.7. The fourth-order valence-electron chi connectivity index (χ4n) is 2.33. The Morgan fingerprint density at radius 1 is 1.09 bits per heavy atom. The number of fused-ring (bicyclic) bond motifs is 1. The Morgan fingerprint density at radius 2 is 1.82 bits per heavy atom. The van der Waals surface area contributed by atoms with Gasteiger partial charge in [0.1, 0.15) is 11.3 Å². The summed E-state index contributed by atoms with van der Waals surface area (Å²) in [6, 6.07) is 19.5. The minimum absolute atomic E-state index is 0.121. The van der Waals surface area contributed by atoms with Gasteiger partial charge in [-0.1, -0.05) is 48.5 Å². The lowest BCUT2D eigenvalue weighted by molar-refractivity contribution is 0.203. The first-order valence-corrected chi connectivity index (χ1v) is 7.23. The minimum Gasteiger partial charge on any atom is -0.459 e. The number of nitrogens with one attached hydrogen (secondary N) is 1. The van der Waals surface area contributed by atoms with Gasteiger partial charge in [0.2, 0.25) is 0 Å². The van der Waals surface area contributed by atoms with Crippen molar-refractivity contribution in [1.29, 1.82) is 0 Å². The highest BCUT2D eigenvalue weighted by atomic mass is 16.3. The standard InChI is InChI=1S/C18H18N2O2/c1-20(18(21)19-12-14-7-3-2-4-8-14)13-16-11-15-9-5-6-10-17(15)22-16/h2-11H,12-13H2,1H3,(H,19,21). The van der Waals surface area contributed by atoms with E-state index in [9.17, 15) is 4.79 Å². The number of rotatable bonds is 4. The van der Waals surface area contributed by atoms with Crippen LogP contribution in [0, 0.1) is 0 Å². The SMILES string of the molecule is CN(Cc1cc2ccccc2o1)C(=O)NCc1ccccc1. The van der Waals surface area contributed by atoms with Crippen molar-refractivity contribution >= 4 is 17.0 Å². The highest BCUT2D eigenvalue weighted by Crippen LogP contribution is 2.19. The molecule has 0 aliphatic heterocycles. The largest absolute Gasteiger partial charge is 0.459 e. The highest BCUT2D eigenvalue weighted by molar-refractivity contribution is 5.78. The second-order valence-corrected chi connectivity index (χ2v) is 5.25. The monoisotopic (exact) mass is 294 g/mol. The van der Waals surface area contributed by atoms with Crippen molar-refractivity contribution in [3.05, 3.63) is 72.0 Å². The first kappa shape index (κ1) is 14.2. The molecule has 1 aromatic heterocycles. The number of furan rings is 1. The molecule has 0 radical (unpaired) electrons. The molecule has 0 saturated carbocycles. The molecule has 112 valence electrons. The average molecular weight is 294 g/mol. The summed E-state index contributed by atoms with van der Waals surface area (Å²) < 4.78 is 5.73. The van der Waals surface area contributed by atoms with E-state index in [1.165, 1.54) is 0 Å². The molecule has 3 rings (SSSR count). The fourth-order valence-corrected chi connectivity index (χ4v) is 2.33. The number of carbonyl (C=O) groups is 1. The second-order valence-electron chi connectivity index (χ2n) is 5.25. The zero-order valence-corrected chi connectivity index (χ0v) is 12.5. The van der Waals surface area contributed by atoms with Gasteiger partial charge in [-0.2, -0.15) is 0 Å². The number of hydrogen-bond donors (Lipinski definition) is 1. The van der Waals surface area contributed by atoms with Crippen molar-refractivity contribution in [2.45, 2.75) is 13.1 Å². The van der Waals surface area contributed by atoms with Crippen molar-refractivity contribution in [2.24, 2.45) is 0 Å². The van der Waals surface area contributed by atoms with E-state index in [2.05, 4.69) is 5.32 Å². The Bertz CT molecular complexity index is 732. The van der Waals surface area contributed by atoms with E-state index in [-0.39, 0.29) is 6.03 Å². The van der Waals surface area contributed by atoms with Gasteiger partial charge in [0.25, 0.3) is 0 Å². The Morgan fingerprint density at radius 3 is 2.59 bits per heavy atom. The molecular weight excluding hydrogens is 276 g/mol. The molecule has 0 aliphatic carbocycles. The van der Waals surface area contributed by atoms with Crippen LogP contribution in [-0.4, -0.2) is 18.0 Å². The van der Waals surface area contributed by atoms with Crippen LogP contribution in [0.2, 0.25) is 0 Å². The number of para-hydroxylation sites is 1.